The van der Waals surface area contributed by atoms with Crippen LogP contribution in [0.1, 0.15) is 22.3 Å². The molecule has 0 fully saturated rings. The van der Waals surface area contributed by atoms with E-state index in [4.69, 9.17) is 11.6 Å². The average Bonchev–Trinajstić information content (AvgIpc) is 2.62. The van der Waals surface area contributed by atoms with Gasteiger partial charge in [0.1, 0.15) is 5.15 Å². The molecule has 0 aliphatic carbocycles. The lowest BCUT2D eigenvalue weighted by atomic mass is 10.1. The van der Waals surface area contributed by atoms with Gasteiger partial charge in [0, 0.05) is 30.4 Å². The van der Waals surface area contributed by atoms with Crippen LogP contribution in [0.4, 0.5) is 8.78 Å². The highest BCUT2D eigenvalue weighted by Gasteiger charge is 2.08. The van der Waals surface area contributed by atoms with E-state index in [0.717, 1.165) is 23.6 Å². The minimum absolute atomic E-state index is 0.211. The fourth-order valence-corrected chi connectivity index (χ4v) is 2.78. The summed E-state index contributed by atoms with van der Waals surface area (Å²) in [7, 11) is 0. The van der Waals surface area contributed by atoms with Crippen molar-refractivity contribution in [2.75, 3.05) is 0 Å². The van der Waals surface area contributed by atoms with Crippen molar-refractivity contribution in [3.05, 3.63) is 99.8 Å². The summed E-state index contributed by atoms with van der Waals surface area (Å²) < 4.78 is 26.9. The van der Waals surface area contributed by atoms with Crippen molar-refractivity contribution in [3.63, 3.8) is 0 Å². The van der Waals surface area contributed by atoms with Gasteiger partial charge in [-0.25, -0.2) is 13.8 Å². The number of rotatable bonds is 6. The van der Waals surface area contributed by atoms with Crippen molar-refractivity contribution in [1.29, 1.82) is 0 Å². The molecule has 0 aliphatic heterocycles. The Labute approximate surface area is 150 Å². The Balaban J connectivity index is 1.66. The van der Waals surface area contributed by atoms with E-state index in [1.54, 1.807) is 12.3 Å². The van der Waals surface area contributed by atoms with Gasteiger partial charge < -0.3 is 5.32 Å². The van der Waals surface area contributed by atoms with E-state index in [1.165, 1.54) is 11.6 Å². The smallest absolute Gasteiger partial charge is 0.163 e. The standard InChI is InChI=1S/C20H17ClF2N2/c21-20-17(13-24-12-16-7-4-8-18(22)19(16)23)10-15(11-25-20)9-14-5-2-1-3-6-14/h1-8,10-11,24H,9,12-13H2. The predicted octanol–water partition coefficient (Wildman–Crippen LogP) is 4.89. The van der Waals surface area contributed by atoms with Gasteiger partial charge in [-0.1, -0.05) is 54.1 Å². The van der Waals surface area contributed by atoms with Gasteiger partial charge >= 0.3 is 0 Å². The van der Waals surface area contributed by atoms with E-state index in [1.807, 2.05) is 24.3 Å². The lowest BCUT2D eigenvalue weighted by Crippen LogP contribution is -2.15. The lowest BCUT2D eigenvalue weighted by Gasteiger charge is -2.10. The second-order valence-corrected chi connectivity index (χ2v) is 6.13. The zero-order valence-corrected chi connectivity index (χ0v) is 14.2. The minimum Gasteiger partial charge on any atom is -0.308 e. The highest BCUT2D eigenvalue weighted by molar-refractivity contribution is 6.30. The predicted molar refractivity (Wildman–Crippen MR) is 95.4 cm³/mol. The summed E-state index contributed by atoms with van der Waals surface area (Å²) >= 11 is 6.15. The van der Waals surface area contributed by atoms with Crippen molar-refractivity contribution >= 4 is 11.6 Å². The first-order chi connectivity index (χ1) is 12.1. The van der Waals surface area contributed by atoms with Crippen LogP contribution in [0.2, 0.25) is 5.15 Å². The Morgan fingerprint density at radius 1 is 0.880 bits per heavy atom. The van der Waals surface area contributed by atoms with Crippen molar-refractivity contribution < 1.29 is 8.78 Å². The van der Waals surface area contributed by atoms with Gasteiger partial charge in [-0.2, -0.15) is 0 Å². The summed E-state index contributed by atoms with van der Waals surface area (Å²) in [6.45, 7) is 0.632. The number of benzene rings is 2. The molecular weight excluding hydrogens is 342 g/mol. The molecule has 0 aliphatic rings. The number of nitrogens with one attached hydrogen (secondary N) is 1. The highest BCUT2D eigenvalue weighted by Crippen LogP contribution is 2.17. The highest BCUT2D eigenvalue weighted by atomic mass is 35.5. The minimum atomic E-state index is -0.844. The van der Waals surface area contributed by atoms with Crippen LogP contribution < -0.4 is 5.32 Å². The van der Waals surface area contributed by atoms with E-state index in [2.05, 4.69) is 22.4 Å². The maximum absolute atomic E-state index is 13.7. The van der Waals surface area contributed by atoms with Crippen molar-refractivity contribution in [2.24, 2.45) is 0 Å². The van der Waals surface area contributed by atoms with E-state index >= 15 is 0 Å². The Bertz CT molecular complexity index is 854. The summed E-state index contributed by atoms with van der Waals surface area (Å²) in [5.74, 6) is -1.67. The molecule has 3 rings (SSSR count). The fourth-order valence-electron chi connectivity index (χ4n) is 2.61. The van der Waals surface area contributed by atoms with Crippen LogP contribution in [0.3, 0.4) is 0 Å². The maximum Gasteiger partial charge on any atom is 0.163 e. The Kier molecular flexibility index (Phi) is 5.74. The van der Waals surface area contributed by atoms with Crippen LogP contribution in [0.25, 0.3) is 0 Å². The third-order valence-corrected chi connectivity index (χ3v) is 4.22. The summed E-state index contributed by atoms with van der Waals surface area (Å²) in [5, 5.41) is 3.49. The second-order valence-electron chi connectivity index (χ2n) is 5.77. The van der Waals surface area contributed by atoms with Gasteiger partial charge in [0.15, 0.2) is 11.6 Å². The van der Waals surface area contributed by atoms with Crippen molar-refractivity contribution in [1.82, 2.24) is 10.3 Å². The molecule has 0 unspecified atom stereocenters. The van der Waals surface area contributed by atoms with Crippen molar-refractivity contribution in [2.45, 2.75) is 19.5 Å². The van der Waals surface area contributed by atoms with E-state index < -0.39 is 11.6 Å². The third kappa shape index (κ3) is 4.62. The molecule has 1 heterocycles. The molecule has 3 aromatic rings. The van der Waals surface area contributed by atoms with Crippen molar-refractivity contribution in [3.8, 4) is 0 Å². The molecule has 1 N–H and O–H groups in total. The average molecular weight is 359 g/mol. The molecule has 1 aromatic heterocycles. The SMILES string of the molecule is Fc1cccc(CNCc2cc(Cc3ccccc3)cnc2Cl)c1F. The Morgan fingerprint density at radius 2 is 1.64 bits per heavy atom. The topological polar surface area (TPSA) is 24.9 Å². The molecule has 2 nitrogen and oxygen atoms in total. The van der Waals surface area contributed by atoms with Gasteiger partial charge in [0.05, 0.1) is 0 Å². The summed E-state index contributed by atoms with van der Waals surface area (Å²) in [6.07, 6.45) is 2.52. The number of aromatic nitrogens is 1. The fraction of sp³-hybridized carbons (Fsp3) is 0.150. The quantitative estimate of drug-likeness (QED) is 0.634. The summed E-state index contributed by atoms with van der Waals surface area (Å²) in [5.41, 5.74) is 3.34. The molecule has 0 bridgehead atoms. The first-order valence-corrected chi connectivity index (χ1v) is 8.32. The van der Waals surface area contributed by atoms with Gasteiger partial charge in [0.2, 0.25) is 0 Å². The summed E-state index contributed by atoms with van der Waals surface area (Å²) in [4.78, 5) is 4.22. The lowest BCUT2D eigenvalue weighted by molar-refractivity contribution is 0.492. The van der Waals surface area contributed by atoms with Gasteiger partial charge in [0.25, 0.3) is 0 Å². The maximum atomic E-state index is 13.7. The van der Waals surface area contributed by atoms with E-state index in [-0.39, 0.29) is 12.1 Å². The molecule has 5 heteroatoms. The molecule has 0 saturated heterocycles. The molecule has 2 aromatic carbocycles. The van der Waals surface area contributed by atoms with Gasteiger partial charge in [-0.15, -0.1) is 0 Å². The zero-order valence-electron chi connectivity index (χ0n) is 13.5. The van der Waals surface area contributed by atoms with Crippen LogP contribution in [0, 0.1) is 11.6 Å². The molecule has 0 radical (unpaired) electrons. The first-order valence-electron chi connectivity index (χ1n) is 7.94. The number of hydrogen-bond acceptors (Lipinski definition) is 2. The third-order valence-electron chi connectivity index (χ3n) is 3.88. The number of halogens is 3. The molecule has 0 atom stereocenters. The van der Waals surface area contributed by atoms with E-state index in [0.29, 0.717) is 11.7 Å². The van der Waals surface area contributed by atoms with Crippen LogP contribution in [-0.4, -0.2) is 4.98 Å². The van der Waals surface area contributed by atoms with E-state index in [9.17, 15) is 8.78 Å². The van der Waals surface area contributed by atoms with Crippen LogP contribution in [0.15, 0.2) is 60.8 Å². The van der Waals surface area contributed by atoms with Gasteiger partial charge in [-0.3, -0.25) is 0 Å². The Hall–Kier alpha value is -2.30. The number of nitrogens with zero attached hydrogens (tertiary/aromatic N) is 1. The summed E-state index contributed by atoms with van der Waals surface area (Å²) in [6, 6.07) is 16.2. The Morgan fingerprint density at radius 3 is 2.44 bits per heavy atom. The molecule has 0 spiro atoms. The molecule has 128 valence electrons. The zero-order chi connectivity index (χ0) is 17.6. The van der Waals surface area contributed by atoms with Crippen LogP contribution in [-0.2, 0) is 19.5 Å². The monoisotopic (exact) mass is 358 g/mol. The van der Waals surface area contributed by atoms with Crippen LogP contribution >= 0.6 is 11.6 Å². The number of pyridine rings is 1. The second kappa shape index (κ2) is 8.19. The van der Waals surface area contributed by atoms with Crippen LogP contribution in [0.5, 0.6) is 0 Å². The normalized spacial score (nSPS) is 10.8. The van der Waals surface area contributed by atoms with Gasteiger partial charge in [-0.05, 0) is 29.7 Å². The number of hydrogen-bond donors (Lipinski definition) is 1. The first kappa shape index (κ1) is 17.5. The molecular formula is C20H17ClF2N2. The molecule has 0 amide bonds. The largest absolute Gasteiger partial charge is 0.308 e. The molecule has 0 saturated carbocycles. The molecule has 25 heavy (non-hydrogen) atoms.